The SMILES string of the molecule is CC1CCN(c2nnc(C(C)Cl)o2)CC1. The van der Waals surface area contributed by atoms with Gasteiger partial charge >= 0.3 is 6.01 Å². The molecule has 0 spiro atoms. The lowest BCUT2D eigenvalue weighted by Gasteiger charge is -2.28. The molecule has 1 aliphatic rings. The molecule has 0 radical (unpaired) electrons. The van der Waals surface area contributed by atoms with E-state index in [1.54, 1.807) is 0 Å². The van der Waals surface area contributed by atoms with Crippen LogP contribution in [0.5, 0.6) is 0 Å². The van der Waals surface area contributed by atoms with Gasteiger partial charge in [0.25, 0.3) is 0 Å². The zero-order valence-corrected chi connectivity index (χ0v) is 9.87. The van der Waals surface area contributed by atoms with Crippen molar-refractivity contribution >= 4 is 17.6 Å². The normalized spacial score (nSPS) is 20.6. The van der Waals surface area contributed by atoms with Crippen LogP contribution in [0.25, 0.3) is 0 Å². The van der Waals surface area contributed by atoms with Crippen LogP contribution in [-0.4, -0.2) is 23.3 Å². The van der Waals surface area contributed by atoms with Crippen molar-refractivity contribution in [2.45, 2.75) is 32.1 Å². The minimum absolute atomic E-state index is 0.213. The van der Waals surface area contributed by atoms with E-state index in [1.807, 2.05) is 6.92 Å². The van der Waals surface area contributed by atoms with Crippen LogP contribution >= 0.6 is 11.6 Å². The van der Waals surface area contributed by atoms with Gasteiger partial charge in [-0.2, -0.15) is 0 Å². The van der Waals surface area contributed by atoms with Crippen molar-refractivity contribution in [2.24, 2.45) is 5.92 Å². The summed E-state index contributed by atoms with van der Waals surface area (Å²) < 4.78 is 5.49. The molecule has 5 heteroatoms. The summed E-state index contributed by atoms with van der Waals surface area (Å²) in [7, 11) is 0. The van der Waals surface area contributed by atoms with Crippen molar-refractivity contribution in [3.63, 3.8) is 0 Å². The molecule has 0 aliphatic carbocycles. The number of hydrogen-bond acceptors (Lipinski definition) is 4. The number of nitrogens with zero attached hydrogens (tertiary/aromatic N) is 3. The topological polar surface area (TPSA) is 42.2 Å². The Morgan fingerprint density at radius 2 is 2.07 bits per heavy atom. The Labute approximate surface area is 94.6 Å². The summed E-state index contributed by atoms with van der Waals surface area (Å²) in [6.45, 7) is 6.10. The highest BCUT2D eigenvalue weighted by Crippen LogP contribution is 2.25. The molecule has 1 atom stereocenters. The maximum atomic E-state index is 5.86. The maximum absolute atomic E-state index is 5.86. The Morgan fingerprint density at radius 3 is 2.60 bits per heavy atom. The summed E-state index contributed by atoms with van der Waals surface area (Å²) >= 11 is 5.86. The Bertz CT molecular complexity index is 318. The van der Waals surface area contributed by atoms with E-state index in [0.717, 1.165) is 19.0 Å². The quantitative estimate of drug-likeness (QED) is 0.732. The van der Waals surface area contributed by atoms with Gasteiger partial charge in [0.05, 0.1) is 0 Å². The largest absolute Gasteiger partial charge is 0.406 e. The van der Waals surface area contributed by atoms with Crippen LogP contribution in [-0.2, 0) is 0 Å². The highest BCUT2D eigenvalue weighted by Gasteiger charge is 2.21. The van der Waals surface area contributed by atoms with E-state index in [2.05, 4.69) is 22.0 Å². The predicted octanol–water partition coefficient (Wildman–Crippen LogP) is 2.61. The van der Waals surface area contributed by atoms with Crippen molar-refractivity contribution in [1.29, 1.82) is 0 Å². The standard InChI is InChI=1S/C10H16ClN3O/c1-7-3-5-14(6-4-7)10-13-12-9(15-10)8(2)11/h7-8H,3-6H2,1-2H3. The van der Waals surface area contributed by atoms with E-state index in [4.69, 9.17) is 16.0 Å². The number of aromatic nitrogens is 2. The van der Waals surface area contributed by atoms with Crippen LogP contribution in [0, 0.1) is 5.92 Å². The summed E-state index contributed by atoms with van der Waals surface area (Å²) in [6.07, 6.45) is 2.38. The third kappa shape index (κ3) is 2.43. The van der Waals surface area contributed by atoms with Gasteiger partial charge in [-0.1, -0.05) is 12.0 Å². The van der Waals surface area contributed by atoms with Gasteiger partial charge < -0.3 is 9.32 Å². The molecule has 1 aromatic heterocycles. The molecule has 0 N–H and O–H groups in total. The lowest BCUT2D eigenvalue weighted by molar-refractivity contribution is 0.405. The second-order valence-corrected chi connectivity index (χ2v) is 4.86. The zero-order chi connectivity index (χ0) is 10.8. The Balaban J connectivity index is 2.03. The Kier molecular flexibility index (Phi) is 3.14. The maximum Gasteiger partial charge on any atom is 0.318 e. The zero-order valence-electron chi connectivity index (χ0n) is 9.11. The second kappa shape index (κ2) is 4.39. The van der Waals surface area contributed by atoms with Crippen LogP contribution < -0.4 is 4.90 Å². The first kappa shape index (κ1) is 10.7. The summed E-state index contributed by atoms with van der Waals surface area (Å²) in [6, 6.07) is 0.615. The monoisotopic (exact) mass is 229 g/mol. The fourth-order valence-electron chi connectivity index (χ4n) is 1.71. The van der Waals surface area contributed by atoms with E-state index in [0.29, 0.717) is 11.9 Å². The van der Waals surface area contributed by atoms with E-state index in [-0.39, 0.29) is 5.38 Å². The molecule has 4 nitrogen and oxygen atoms in total. The average molecular weight is 230 g/mol. The van der Waals surface area contributed by atoms with Gasteiger partial charge in [-0.25, -0.2) is 0 Å². The van der Waals surface area contributed by atoms with Crippen LogP contribution in [0.2, 0.25) is 0 Å². The molecule has 1 aliphatic heterocycles. The molecule has 1 aromatic rings. The molecule has 2 rings (SSSR count). The molecule has 1 unspecified atom stereocenters. The molecular formula is C10H16ClN3O. The van der Waals surface area contributed by atoms with Gasteiger partial charge in [0.2, 0.25) is 5.89 Å². The molecule has 0 aromatic carbocycles. The van der Waals surface area contributed by atoms with Crippen molar-refractivity contribution in [2.75, 3.05) is 18.0 Å². The predicted molar refractivity (Wildman–Crippen MR) is 59.2 cm³/mol. The highest BCUT2D eigenvalue weighted by atomic mass is 35.5. The molecule has 0 amide bonds. The molecule has 15 heavy (non-hydrogen) atoms. The summed E-state index contributed by atoms with van der Waals surface area (Å²) in [4.78, 5) is 2.13. The number of anilines is 1. The fourth-order valence-corrected chi connectivity index (χ4v) is 1.80. The van der Waals surface area contributed by atoms with Crippen LogP contribution in [0.4, 0.5) is 6.01 Å². The van der Waals surface area contributed by atoms with E-state index < -0.39 is 0 Å². The Morgan fingerprint density at radius 1 is 1.40 bits per heavy atom. The van der Waals surface area contributed by atoms with Gasteiger partial charge in [-0.3, -0.25) is 0 Å². The van der Waals surface area contributed by atoms with Crippen molar-refractivity contribution in [3.8, 4) is 0 Å². The van der Waals surface area contributed by atoms with Gasteiger partial charge in [-0.15, -0.1) is 16.7 Å². The first-order valence-electron chi connectivity index (χ1n) is 5.39. The first-order chi connectivity index (χ1) is 7.16. The molecule has 0 bridgehead atoms. The number of piperidine rings is 1. The van der Waals surface area contributed by atoms with Gasteiger partial charge in [0.1, 0.15) is 5.38 Å². The van der Waals surface area contributed by atoms with Gasteiger partial charge in [-0.05, 0) is 25.7 Å². The Hall–Kier alpha value is -0.770. The van der Waals surface area contributed by atoms with Crippen molar-refractivity contribution in [1.82, 2.24) is 10.2 Å². The highest BCUT2D eigenvalue weighted by molar-refractivity contribution is 6.20. The fraction of sp³-hybridized carbons (Fsp3) is 0.800. The van der Waals surface area contributed by atoms with Crippen molar-refractivity contribution < 1.29 is 4.42 Å². The molecule has 1 fully saturated rings. The van der Waals surface area contributed by atoms with E-state index in [1.165, 1.54) is 12.8 Å². The molecule has 1 saturated heterocycles. The summed E-state index contributed by atoms with van der Waals surface area (Å²) in [5, 5.41) is 7.72. The molecule has 0 saturated carbocycles. The third-order valence-electron chi connectivity index (χ3n) is 2.82. The lowest BCUT2D eigenvalue weighted by Crippen LogP contribution is -2.32. The van der Waals surface area contributed by atoms with Gasteiger partial charge in [0, 0.05) is 13.1 Å². The van der Waals surface area contributed by atoms with Crippen LogP contribution in [0.3, 0.4) is 0 Å². The second-order valence-electron chi connectivity index (χ2n) is 4.21. The minimum Gasteiger partial charge on any atom is -0.406 e. The molecule has 2 heterocycles. The summed E-state index contributed by atoms with van der Waals surface area (Å²) in [5.74, 6) is 1.31. The van der Waals surface area contributed by atoms with Crippen molar-refractivity contribution in [3.05, 3.63) is 5.89 Å². The number of rotatable bonds is 2. The molecule has 84 valence electrons. The van der Waals surface area contributed by atoms with E-state index >= 15 is 0 Å². The lowest BCUT2D eigenvalue weighted by atomic mass is 10.00. The van der Waals surface area contributed by atoms with Crippen LogP contribution in [0.15, 0.2) is 4.42 Å². The summed E-state index contributed by atoms with van der Waals surface area (Å²) in [5.41, 5.74) is 0. The number of halogens is 1. The number of hydrogen-bond donors (Lipinski definition) is 0. The smallest absolute Gasteiger partial charge is 0.318 e. The third-order valence-corrected chi connectivity index (χ3v) is 3.01. The molecular weight excluding hydrogens is 214 g/mol. The number of alkyl halides is 1. The van der Waals surface area contributed by atoms with E-state index in [9.17, 15) is 0 Å². The average Bonchev–Trinajstić information content (AvgIpc) is 2.68. The minimum atomic E-state index is -0.213. The van der Waals surface area contributed by atoms with Gasteiger partial charge in [0.15, 0.2) is 0 Å². The van der Waals surface area contributed by atoms with Crippen LogP contribution in [0.1, 0.15) is 38.0 Å². The first-order valence-corrected chi connectivity index (χ1v) is 5.83.